The SMILES string of the molecule is CCC(NC(=O)OCC1c2ccccc2-c2ccccc21)C(=O)NC1CC2CC2(C(=O)O)C1. The normalized spacial score (nSPS) is 25.4. The maximum absolute atomic E-state index is 12.7. The number of rotatable bonds is 7. The second-order valence-electron chi connectivity index (χ2n) is 9.44. The summed E-state index contributed by atoms with van der Waals surface area (Å²) in [5.74, 6) is -0.962. The van der Waals surface area contributed by atoms with Gasteiger partial charge in [0.15, 0.2) is 0 Å². The molecule has 0 saturated heterocycles. The number of hydrogen-bond donors (Lipinski definition) is 3. The third-order valence-electron chi connectivity index (χ3n) is 7.54. The average Bonchev–Trinajstić information content (AvgIpc) is 3.25. The largest absolute Gasteiger partial charge is 0.481 e. The molecule has 4 atom stereocenters. The van der Waals surface area contributed by atoms with E-state index in [0.29, 0.717) is 25.7 Å². The Balaban J connectivity index is 1.17. The monoisotopic (exact) mass is 448 g/mol. The van der Waals surface area contributed by atoms with E-state index in [9.17, 15) is 19.5 Å². The van der Waals surface area contributed by atoms with Crippen molar-refractivity contribution in [2.24, 2.45) is 11.3 Å². The van der Waals surface area contributed by atoms with Crippen molar-refractivity contribution in [3.8, 4) is 11.1 Å². The highest BCUT2D eigenvalue weighted by molar-refractivity contribution is 5.86. The molecule has 4 unspecified atom stereocenters. The fourth-order valence-electron chi connectivity index (χ4n) is 5.70. The summed E-state index contributed by atoms with van der Waals surface area (Å²) < 4.78 is 5.56. The highest BCUT2D eigenvalue weighted by Crippen LogP contribution is 2.63. The fraction of sp³-hybridized carbons (Fsp3) is 0.423. The predicted octanol–water partition coefficient (Wildman–Crippen LogP) is 3.67. The zero-order valence-corrected chi connectivity index (χ0v) is 18.5. The van der Waals surface area contributed by atoms with Gasteiger partial charge in [0.05, 0.1) is 5.41 Å². The van der Waals surface area contributed by atoms with Crippen molar-refractivity contribution in [3.05, 3.63) is 59.7 Å². The van der Waals surface area contributed by atoms with Crippen molar-refractivity contribution in [1.29, 1.82) is 0 Å². The molecule has 0 spiro atoms. The Hall–Kier alpha value is -3.35. The maximum Gasteiger partial charge on any atom is 0.407 e. The van der Waals surface area contributed by atoms with Gasteiger partial charge in [-0.3, -0.25) is 9.59 Å². The maximum atomic E-state index is 12.7. The molecule has 33 heavy (non-hydrogen) atoms. The van der Waals surface area contributed by atoms with Gasteiger partial charge in [0.25, 0.3) is 0 Å². The number of carbonyl (C=O) groups is 3. The van der Waals surface area contributed by atoms with Crippen LogP contribution in [0.2, 0.25) is 0 Å². The molecule has 0 heterocycles. The van der Waals surface area contributed by atoms with Gasteiger partial charge in [-0.25, -0.2) is 4.79 Å². The molecular formula is C26H28N2O5. The zero-order chi connectivity index (χ0) is 23.2. The Morgan fingerprint density at radius 1 is 1.06 bits per heavy atom. The van der Waals surface area contributed by atoms with Crippen LogP contribution in [-0.4, -0.2) is 41.8 Å². The van der Waals surface area contributed by atoms with E-state index in [1.165, 1.54) is 0 Å². The third-order valence-corrected chi connectivity index (χ3v) is 7.54. The predicted molar refractivity (Wildman–Crippen MR) is 122 cm³/mol. The van der Waals surface area contributed by atoms with E-state index < -0.39 is 23.5 Å². The molecule has 7 heteroatoms. The van der Waals surface area contributed by atoms with Crippen molar-refractivity contribution in [2.45, 2.75) is 50.6 Å². The molecule has 2 amide bonds. The van der Waals surface area contributed by atoms with Crippen molar-refractivity contribution >= 4 is 18.0 Å². The minimum Gasteiger partial charge on any atom is -0.481 e. The van der Waals surface area contributed by atoms with Gasteiger partial charge in [-0.2, -0.15) is 0 Å². The topological polar surface area (TPSA) is 105 Å². The first-order valence-electron chi connectivity index (χ1n) is 11.6. The molecule has 3 aliphatic carbocycles. The molecule has 2 saturated carbocycles. The first-order chi connectivity index (χ1) is 15.9. The first-order valence-corrected chi connectivity index (χ1v) is 11.6. The number of alkyl carbamates (subject to hydrolysis) is 1. The van der Waals surface area contributed by atoms with Gasteiger partial charge in [0, 0.05) is 12.0 Å². The van der Waals surface area contributed by atoms with Crippen LogP contribution in [0.3, 0.4) is 0 Å². The molecule has 2 aromatic carbocycles. The average molecular weight is 449 g/mol. The molecule has 0 bridgehead atoms. The van der Waals surface area contributed by atoms with E-state index in [4.69, 9.17) is 4.74 Å². The van der Waals surface area contributed by atoms with Crippen molar-refractivity contribution in [3.63, 3.8) is 0 Å². The minimum absolute atomic E-state index is 0.0468. The Bertz CT molecular complexity index is 1070. The van der Waals surface area contributed by atoms with Crippen LogP contribution >= 0.6 is 0 Å². The van der Waals surface area contributed by atoms with E-state index in [1.807, 2.05) is 31.2 Å². The molecule has 0 radical (unpaired) electrons. The summed E-state index contributed by atoms with van der Waals surface area (Å²) in [4.78, 5) is 36.7. The van der Waals surface area contributed by atoms with Crippen LogP contribution in [0.4, 0.5) is 4.79 Å². The molecule has 3 N–H and O–H groups in total. The number of aliphatic carboxylic acids is 1. The van der Waals surface area contributed by atoms with Gasteiger partial charge < -0.3 is 20.5 Å². The number of ether oxygens (including phenoxy) is 1. The summed E-state index contributed by atoms with van der Waals surface area (Å²) in [6, 6.07) is 15.3. The smallest absolute Gasteiger partial charge is 0.407 e. The van der Waals surface area contributed by atoms with Crippen molar-refractivity contribution in [1.82, 2.24) is 10.6 Å². The van der Waals surface area contributed by atoms with Crippen LogP contribution in [0, 0.1) is 11.3 Å². The van der Waals surface area contributed by atoms with E-state index in [1.54, 1.807) is 0 Å². The summed E-state index contributed by atoms with van der Waals surface area (Å²) in [7, 11) is 0. The van der Waals surface area contributed by atoms with Crippen LogP contribution in [0.5, 0.6) is 0 Å². The minimum atomic E-state index is -0.770. The van der Waals surface area contributed by atoms with Crippen LogP contribution < -0.4 is 10.6 Å². The molecule has 3 aliphatic rings. The summed E-state index contributed by atoms with van der Waals surface area (Å²) in [5, 5.41) is 15.0. The number of fused-ring (bicyclic) bond motifs is 4. The lowest BCUT2D eigenvalue weighted by Crippen LogP contribution is -2.49. The number of hydrogen-bond acceptors (Lipinski definition) is 4. The third kappa shape index (κ3) is 3.75. The summed E-state index contributed by atoms with van der Waals surface area (Å²) in [6.07, 6.45) is 1.62. The summed E-state index contributed by atoms with van der Waals surface area (Å²) >= 11 is 0. The van der Waals surface area contributed by atoms with E-state index in [-0.39, 0.29) is 30.4 Å². The van der Waals surface area contributed by atoms with Crippen LogP contribution in [0.25, 0.3) is 11.1 Å². The van der Waals surface area contributed by atoms with Crippen LogP contribution in [0.1, 0.15) is 49.7 Å². The Morgan fingerprint density at radius 2 is 1.70 bits per heavy atom. The number of carboxylic acids is 1. The zero-order valence-electron chi connectivity index (χ0n) is 18.5. The molecule has 5 rings (SSSR count). The number of carboxylic acid groups (broad SMARTS) is 1. The number of benzene rings is 2. The van der Waals surface area contributed by atoms with Gasteiger partial charge in [0.1, 0.15) is 12.6 Å². The molecule has 0 aliphatic heterocycles. The van der Waals surface area contributed by atoms with E-state index >= 15 is 0 Å². The van der Waals surface area contributed by atoms with Crippen molar-refractivity contribution in [2.75, 3.05) is 6.61 Å². The van der Waals surface area contributed by atoms with E-state index in [0.717, 1.165) is 22.3 Å². The lowest BCUT2D eigenvalue weighted by molar-refractivity contribution is -0.143. The highest BCUT2D eigenvalue weighted by atomic mass is 16.5. The Morgan fingerprint density at radius 3 is 2.27 bits per heavy atom. The van der Waals surface area contributed by atoms with Gasteiger partial charge in [-0.05, 0) is 53.9 Å². The number of nitrogens with one attached hydrogen (secondary N) is 2. The van der Waals surface area contributed by atoms with Gasteiger partial charge in [-0.15, -0.1) is 0 Å². The standard InChI is InChI=1S/C26H28N2O5/c1-2-22(23(29)27-16-11-15-12-26(15,13-16)24(30)31)28-25(32)33-14-21-19-9-5-3-7-17(19)18-8-4-6-10-20(18)21/h3-10,15-16,21-22H,2,11-14H2,1H3,(H,27,29)(H,28,32)(H,30,31). The van der Waals surface area contributed by atoms with Crippen molar-refractivity contribution < 1.29 is 24.2 Å². The van der Waals surface area contributed by atoms with Gasteiger partial charge in [0.2, 0.25) is 5.91 Å². The molecule has 2 fully saturated rings. The van der Waals surface area contributed by atoms with Crippen LogP contribution in [0.15, 0.2) is 48.5 Å². The van der Waals surface area contributed by atoms with Gasteiger partial charge in [-0.1, -0.05) is 55.5 Å². The van der Waals surface area contributed by atoms with Crippen LogP contribution in [-0.2, 0) is 14.3 Å². The summed E-state index contributed by atoms with van der Waals surface area (Å²) in [6.45, 7) is 2.00. The molecule has 0 aromatic heterocycles. The molecular weight excluding hydrogens is 420 g/mol. The lowest BCUT2D eigenvalue weighted by atomic mass is 9.98. The second-order valence-corrected chi connectivity index (χ2v) is 9.44. The Labute approximate surface area is 192 Å². The second kappa shape index (κ2) is 8.21. The molecule has 2 aromatic rings. The molecule has 7 nitrogen and oxygen atoms in total. The van der Waals surface area contributed by atoms with Gasteiger partial charge >= 0.3 is 12.1 Å². The summed E-state index contributed by atoms with van der Waals surface area (Å²) in [5.41, 5.74) is 3.91. The lowest BCUT2D eigenvalue weighted by Gasteiger charge is -2.22. The first kappa shape index (κ1) is 21.5. The quantitative estimate of drug-likeness (QED) is 0.599. The fourth-order valence-corrected chi connectivity index (χ4v) is 5.70. The number of carbonyl (C=O) groups excluding carboxylic acids is 2. The molecule has 172 valence electrons. The Kier molecular flexibility index (Phi) is 5.35. The number of amides is 2. The van der Waals surface area contributed by atoms with E-state index in [2.05, 4.69) is 34.9 Å². The highest BCUT2D eigenvalue weighted by Gasteiger charge is 2.65.